The molecule has 0 fully saturated rings. The van der Waals surface area contributed by atoms with E-state index in [0.29, 0.717) is 21.5 Å². The third-order valence-corrected chi connectivity index (χ3v) is 2.36. The van der Waals surface area contributed by atoms with E-state index in [9.17, 15) is 0 Å². The van der Waals surface area contributed by atoms with Crippen LogP contribution in [0.25, 0.3) is 0 Å². The van der Waals surface area contributed by atoms with Gasteiger partial charge in [-0.2, -0.15) is 5.26 Å². The van der Waals surface area contributed by atoms with Crippen LogP contribution < -0.4 is 9.47 Å². The summed E-state index contributed by atoms with van der Waals surface area (Å²) >= 11 is 3.29. The maximum absolute atomic E-state index is 8.75. The van der Waals surface area contributed by atoms with E-state index in [0.717, 1.165) is 0 Å². The molecule has 1 aromatic rings. The predicted molar refractivity (Wildman–Crippen MR) is 52.0 cm³/mol. The molecule has 0 unspecified atom stereocenters. The van der Waals surface area contributed by atoms with Crippen molar-refractivity contribution in [2.75, 3.05) is 14.2 Å². The smallest absolute Gasteiger partial charge is 0.154 e. The minimum absolute atomic E-state index is 0.482. The van der Waals surface area contributed by atoms with Crippen LogP contribution in [0, 0.1) is 11.3 Å². The van der Waals surface area contributed by atoms with Crippen LogP contribution in [-0.4, -0.2) is 14.2 Å². The fourth-order valence-electron chi connectivity index (χ4n) is 0.983. The number of nitrogens with zero attached hydrogens (tertiary/aromatic N) is 1. The van der Waals surface area contributed by atoms with E-state index in [1.54, 1.807) is 19.2 Å². The lowest BCUT2D eigenvalue weighted by atomic mass is 10.2. The van der Waals surface area contributed by atoms with Crippen molar-refractivity contribution in [2.45, 2.75) is 0 Å². The lowest BCUT2D eigenvalue weighted by Crippen LogP contribution is -1.92. The van der Waals surface area contributed by atoms with E-state index in [1.165, 1.54) is 7.11 Å². The average molecular weight is 242 g/mol. The van der Waals surface area contributed by atoms with Gasteiger partial charge in [0.15, 0.2) is 5.75 Å². The molecule has 0 bridgehead atoms. The summed E-state index contributed by atoms with van der Waals surface area (Å²) in [6.07, 6.45) is 0. The molecule has 0 aliphatic carbocycles. The van der Waals surface area contributed by atoms with Crippen LogP contribution in [0.5, 0.6) is 11.5 Å². The molecule has 0 amide bonds. The molecule has 0 aliphatic rings. The molecule has 0 N–H and O–H groups in total. The van der Waals surface area contributed by atoms with E-state index >= 15 is 0 Å². The Bertz CT molecular complexity index is 357. The molecule has 1 aromatic carbocycles. The molecule has 0 heterocycles. The highest BCUT2D eigenvalue weighted by atomic mass is 79.9. The van der Waals surface area contributed by atoms with E-state index in [2.05, 4.69) is 15.9 Å². The molecule has 0 atom stereocenters. The van der Waals surface area contributed by atoms with Crippen molar-refractivity contribution in [1.82, 2.24) is 0 Å². The number of halogens is 1. The number of benzene rings is 1. The lowest BCUT2D eigenvalue weighted by molar-refractivity contribution is 0.388. The first kappa shape index (κ1) is 9.87. The Balaban J connectivity index is 3.34. The molecule has 0 saturated heterocycles. The fraction of sp³-hybridized carbons (Fsp3) is 0.222. The summed E-state index contributed by atoms with van der Waals surface area (Å²) in [7, 11) is 3.08. The zero-order valence-corrected chi connectivity index (χ0v) is 8.88. The first-order valence-corrected chi connectivity index (χ1v) is 4.34. The van der Waals surface area contributed by atoms with Gasteiger partial charge in [-0.15, -0.1) is 0 Å². The van der Waals surface area contributed by atoms with Gasteiger partial charge in [-0.25, -0.2) is 0 Å². The average Bonchev–Trinajstić information content (AvgIpc) is 2.17. The van der Waals surface area contributed by atoms with Crippen LogP contribution in [0.3, 0.4) is 0 Å². The van der Waals surface area contributed by atoms with Crippen molar-refractivity contribution in [3.8, 4) is 17.6 Å². The highest BCUT2D eigenvalue weighted by Gasteiger charge is 2.11. The molecule has 13 heavy (non-hydrogen) atoms. The van der Waals surface area contributed by atoms with E-state index in [1.807, 2.05) is 6.07 Å². The standard InChI is InChI=1S/C9H8BrNO2/c1-12-7-4-3-6(5-11)9(13-2)8(7)10/h3-4H,1-2H3. The second kappa shape index (κ2) is 4.15. The maximum Gasteiger partial charge on any atom is 0.154 e. The molecular weight excluding hydrogens is 234 g/mol. The molecule has 68 valence electrons. The summed E-state index contributed by atoms with van der Waals surface area (Å²) < 4.78 is 10.8. The van der Waals surface area contributed by atoms with Gasteiger partial charge in [0.25, 0.3) is 0 Å². The van der Waals surface area contributed by atoms with Crippen LogP contribution in [0.4, 0.5) is 0 Å². The van der Waals surface area contributed by atoms with Gasteiger partial charge in [0.1, 0.15) is 16.3 Å². The number of hydrogen-bond donors (Lipinski definition) is 0. The SMILES string of the molecule is COc1ccc(C#N)c(OC)c1Br. The Morgan fingerprint density at radius 1 is 1.31 bits per heavy atom. The first-order valence-electron chi connectivity index (χ1n) is 3.55. The first-order chi connectivity index (χ1) is 6.24. The Morgan fingerprint density at radius 2 is 2.00 bits per heavy atom. The number of ether oxygens (including phenoxy) is 2. The number of hydrogen-bond acceptors (Lipinski definition) is 3. The highest BCUT2D eigenvalue weighted by molar-refractivity contribution is 9.10. The lowest BCUT2D eigenvalue weighted by Gasteiger charge is -2.08. The molecule has 0 aromatic heterocycles. The summed E-state index contributed by atoms with van der Waals surface area (Å²) in [4.78, 5) is 0. The maximum atomic E-state index is 8.75. The van der Waals surface area contributed by atoms with Gasteiger partial charge in [-0.3, -0.25) is 0 Å². The summed E-state index contributed by atoms with van der Waals surface area (Å²) in [6.45, 7) is 0. The minimum atomic E-state index is 0.482. The summed E-state index contributed by atoms with van der Waals surface area (Å²) in [5.74, 6) is 1.15. The Hall–Kier alpha value is -1.21. The van der Waals surface area contributed by atoms with Crippen molar-refractivity contribution in [3.63, 3.8) is 0 Å². The summed E-state index contributed by atoms with van der Waals surface area (Å²) in [5.41, 5.74) is 0.482. The van der Waals surface area contributed by atoms with Crippen molar-refractivity contribution in [2.24, 2.45) is 0 Å². The van der Waals surface area contributed by atoms with Crippen molar-refractivity contribution in [3.05, 3.63) is 22.2 Å². The molecule has 0 aliphatic heterocycles. The van der Waals surface area contributed by atoms with E-state index in [4.69, 9.17) is 14.7 Å². The van der Waals surface area contributed by atoms with Gasteiger partial charge < -0.3 is 9.47 Å². The van der Waals surface area contributed by atoms with Crippen molar-refractivity contribution >= 4 is 15.9 Å². The Morgan fingerprint density at radius 3 is 2.46 bits per heavy atom. The fourth-order valence-corrected chi connectivity index (χ4v) is 1.65. The van der Waals surface area contributed by atoms with E-state index in [-0.39, 0.29) is 0 Å². The predicted octanol–water partition coefficient (Wildman–Crippen LogP) is 2.34. The largest absolute Gasteiger partial charge is 0.495 e. The van der Waals surface area contributed by atoms with Gasteiger partial charge in [-0.05, 0) is 28.1 Å². The third kappa shape index (κ3) is 1.76. The van der Waals surface area contributed by atoms with Gasteiger partial charge in [-0.1, -0.05) is 0 Å². The second-order valence-corrected chi connectivity index (χ2v) is 3.07. The van der Waals surface area contributed by atoms with E-state index < -0.39 is 0 Å². The monoisotopic (exact) mass is 241 g/mol. The van der Waals surface area contributed by atoms with Crippen molar-refractivity contribution in [1.29, 1.82) is 5.26 Å². The Labute approximate surface area is 85.0 Å². The minimum Gasteiger partial charge on any atom is -0.495 e. The molecular formula is C9H8BrNO2. The number of nitriles is 1. The summed E-state index contributed by atoms with van der Waals surface area (Å²) in [5, 5.41) is 8.75. The molecule has 3 nitrogen and oxygen atoms in total. The van der Waals surface area contributed by atoms with Gasteiger partial charge in [0.05, 0.1) is 19.8 Å². The van der Waals surface area contributed by atoms with Gasteiger partial charge in [0.2, 0.25) is 0 Å². The van der Waals surface area contributed by atoms with Crippen LogP contribution in [-0.2, 0) is 0 Å². The van der Waals surface area contributed by atoms with Crippen LogP contribution >= 0.6 is 15.9 Å². The zero-order valence-electron chi connectivity index (χ0n) is 7.30. The number of methoxy groups -OCH3 is 2. The zero-order chi connectivity index (χ0) is 9.84. The Kier molecular flexibility index (Phi) is 3.15. The normalized spacial score (nSPS) is 9.08. The molecule has 0 radical (unpaired) electrons. The van der Waals surface area contributed by atoms with Crippen LogP contribution in [0.2, 0.25) is 0 Å². The van der Waals surface area contributed by atoms with Crippen LogP contribution in [0.15, 0.2) is 16.6 Å². The van der Waals surface area contributed by atoms with Gasteiger partial charge >= 0.3 is 0 Å². The quantitative estimate of drug-likeness (QED) is 0.799. The molecule has 1 rings (SSSR count). The second-order valence-electron chi connectivity index (χ2n) is 2.27. The highest BCUT2D eigenvalue weighted by Crippen LogP contribution is 2.36. The molecule has 0 saturated carbocycles. The molecule has 4 heteroatoms. The topological polar surface area (TPSA) is 42.2 Å². The number of rotatable bonds is 2. The third-order valence-electron chi connectivity index (χ3n) is 1.61. The summed E-state index contributed by atoms with van der Waals surface area (Å²) in [6, 6.07) is 5.40. The van der Waals surface area contributed by atoms with Gasteiger partial charge in [0, 0.05) is 0 Å². The van der Waals surface area contributed by atoms with Crippen molar-refractivity contribution < 1.29 is 9.47 Å². The van der Waals surface area contributed by atoms with Crippen LogP contribution in [0.1, 0.15) is 5.56 Å². The molecule has 0 spiro atoms.